The van der Waals surface area contributed by atoms with E-state index >= 15 is 0 Å². The smallest absolute Gasteiger partial charge is 0.420 e. The van der Waals surface area contributed by atoms with Crippen LogP contribution in [-0.2, 0) is 22.5 Å². The SMILES string of the molecule is CCOc1ccc(C(=O)c2cc(C(F)(F)F)cc(S(=O)(=O)O)c2)c(C(F)(F)F)c1OCC. The summed E-state index contributed by atoms with van der Waals surface area (Å²) < 4.78 is 123. The number of hydrogen-bond acceptors (Lipinski definition) is 5. The van der Waals surface area contributed by atoms with E-state index in [1.165, 1.54) is 13.8 Å². The Morgan fingerprint density at radius 3 is 2.00 bits per heavy atom. The van der Waals surface area contributed by atoms with E-state index < -0.39 is 61.2 Å². The summed E-state index contributed by atoms with van der Waals surface area (Å²) in [7, 11) is -5.21. The van der Waals surface area contributed by atoms with E-state index in [9.17, 15) is 39.6 Å². The van der Waals surface area contributed by atoms with Gasteiger partial charge in [-0.1, -0.05) is 0 Å². The fourth-order valence-electron chi connectivity index (χ4n) is 2.79. The Kier molecular flexibility index (Phi) is 7.15. The molecule has 0 fully saturated rings. The van der Waals surface area contributed by atoms with Crippen LogP contribution in [0.1, 0.15) is 40.9 Å². The molecule has 0 aliphatic rings. The first kappa shape index (κ1) is 25.5. The topological polar surface area (TPSA) is 89.9 Å². The highest BCUT2D eigenvalue weighted by Crippen LogP contribution is 2.45. The number of alkyl halides is 6. The minimum absolute atomic E-state index is 0.0456. The molecule has 2 rings (SSSR count). The van der Waals surface area contributed by atoms with E-state index in [4.69, 9.17) is 14.0 Å². The van der Waals surface area contributed by atoms with Crippen LogP contribution in [0.5, 0.6) is 11.5 Å². The van der Waals surface area contributed by atoms with Crippen LogP contribution < -0.4 is 9.47 Å². The second-order valence-electron chi connectivity index (χ2n) is 6.23. The van der Waals surface area contributed by atoms with Gasteiger partial charge in [0.1, 0.15) is 5.56 Å². The zero-order valence-corrected chi connectivity index (χ0v) is 17.3. The largest absolute Gasteiger partial charge is 0.490 e. The molecule has 6 nitrogen and oxygen atoms in total. The van der Waals surface area contributed by atoms with E-state index in [2.05, 4.69) is 0 Å². The molecule has 0 atom stereocenters. The highest BCUT2D eigenvalue weighted by atomic mass is 32.2. The van der Waals surface area contributed by atoms with Crippen molar-refractivity contribution in [3.8, 4) is 11.5 Å². The Labute approximate surface area is 178 Å². The van der Waals surface area contributed by atoms with E-state index in [1.807, 2.05) is 0 Å². The molecule has 0 aromatic heterocycles. The molecule has 0 aliphatic carbocycles. The molecule has 0 unspecified atom stereocenters. The molecule has 32 heavy (non-hydrogen) atoms. The molecule has 0 radical (unpaired) electrons. The predicted molar refractivity (Wildman–Crippen MR) is 98.5 cm³/mol. The molecular weight excluding hydrogens is 470 g/mol. The van der Waals surface area contributed by atoms with Gasteiger partial charge in [0.05, 0.1) is 23.7 Å². The average molecular weight is 486 g/mol. The Balaban J connectivity index is 2.84. The fraction of sp³-hybridized carbons (Fsp3) is 0.316. The number of hydrogen-bond donors (Lipinski definition) is 1. The third-order valence-corrected chi connectivity index (χ3v) is 4.86. The average Bonchev–Trinajstić information content (AvgIpc) is 2.66. The van der Waals surface area contributed by atoms with Gasteiger partial charge in [-0.05, 0) is 44.2 Å². The molecular formula is C19H16F6O6S. The molecule has 2 aromatic carbocycles. The third kappa shape index (κ3) is 5.51. The summed E-state index contributed by atoms with van der Waals surface area (Å²) in [4.78, 5) is 11.6. The first-order valence-corrected chi connectivity index (χ1v) is 10.3. The fourth-order valence-corrected chi connectivity index (χ4v) is 3.34. The number of halogens is 6. The minimum atomic E-state index is -5.21. The van der Waals surface area contributed by atoms with Crippen LogP contribution in [0.15, 0.2) is 35.2 Å². The Bertz CT molecular complexity index is 1120. The molecule has 13 heteroatoms. The lowest BCUT2D eigenvalue weighted by molar-refractivity contribution is -0.139. The highest BCUT2D eigenvalue weighted by Gasteiger charge is 2.41. The van der Waals surface area contributed by atoms with E-state index in [1.54, 1.807) is 0 Å². The van der Waals surface area contributed by atoms with Gasteiger partial charge >= 0.3 is 12.4 Å². The summed E-state index contributed by atoms with van der Waals surface area (Å²) in [6.45, 7) is 2.56. The molecule has 0 heterocycles. The van der Waals surface area contributed by atoms with Gasteiger partial charge in [-0.25, -0.2) is 0 Å². The second kappa shape index (κ2) is 8.98. The van der Waals surface area contributed by atoms with Gasteiger partial charge in [-0.2, -0.15) is 34.8 Å². The Morgan fingerprint density at radius 2 is 1.53 bits per heavy atom. The van der Waals surface area contributed by atoms with Crippen molar-refractivity contribution in [2.75, 3.05) is 13.2 Å². The molecule has 0 spiro atoms. The maximum absolute atomic E-state index is 13.9. The predicted octanol–water partition coefficient (Wildman–Crippen LogP) is 5.00. The molecule has 2 aromatic rings. The lowest BCUT2D eigenvalue weighted by Crippen LogP contribution is -2.18. The van der Waals surface area contributed by atoms with Crippen LogP contribution in [0, 0.1) is 0 Å². The maximum atomic E-state index is 13.9. The Hall–Kier alpha value is -2.80. The zero-order chi connectivity index (χ0) is 24.5. The summed E-state index contributed by atoms with van der Waals surface area (Å²) in [5.74, 6) is -2.76. The third-order valence-electron chi connectivity index (χ3n) is 4.03. The first-order chi connectivity index (χ1) is 14.6. The summed E-state index contributed by atoms with van der Waals surface area (Å²) in [5, 5.41) is 0. The summed E-state index contributed by atoms with van der Waals surface area (Å²) in [6.07, 6.45) is -10.3. The number of benzene rings is 2. The van der Waals surface area contributed by atoms with Gasteiger partial charge in [0.25, 0.3) is 10.1 Å². The van der Waals surface area contributed by atoms with Gasteiger partial charge in [-0.3, -0.25) is 9.35 Å². The molecule has 0 bridgehead atoms. The first-order valence-electron chi connectivity index (χ1n) is 8.85. The molecule has 0 saturated carbocycles. The Morgan fingerprint density at radius 1 is 0.938 bits per heavy atom. The van der Waals surface area contributed by atoms with Crippen molar-refractivity contribution in [3.05, 3.63) is 52.6 Å². The monoisotopic (exact) mass is 486 g/mol. The molecule has 0 saturated heterocycles. The van der Waals surface area contributed by atoms with E-state index in [-0.39, 0.29) is 31.1 Å². The number of ketones is 1. The number of ether oxygens (including phenoxy) is 2. The van der Waals surface area contributed by atoms with Crippen LogP contribution >= 0.6 is 0 Å². The van der Waals surface area contributed by atoms with Crippen molar-refractivity contribution in [3.63, 3.8) is 0 Å². The number of carbonyl (C=O) groups excluding carboxylic acids is 1. The summed E-state index contributed by atoms with van der Waals surface area (Å²) >= 11 is 0. The molecule has 1 N–H and O–H groups in total. The zero-order valence-electron chi connectivity index (χ0n) is 16.5. The van der Waals surface area contributed by atoms with E-state index in [0.29, 0.717) is 12.1 Å². The number of rotatable bonds is 7. The number of carbonyl (C=O) groups is 1. The maximum Gasteiger partial charge on any atom is 0.420 e. The molecule has 176 valence electrons. The van der Waals surface area contributed by atoms with Gasteiger partial charge < -0.3 is 9.47 Å². The van der Waals surface area contributed by atoms with Crippen molar-refractivity contribution in [1.29, 1.82) is 0 Å². The lowest BCUT2D eigenvalue weighted by atomic mass is 9.95. The summed E-state index contributed by atoms with van der Waals surface area (Å²) in [6, 6.07) is 2.26. The van der Waals surface area contributed by atoms with Gasteiger partial charge in [-0.15, -0.1) is 0 Å². The minimum Gasteiger partial charge on any atom is -0.490 e. The van der Waals surface area contributed by atoms with Crippen LogP contribution in [0.25, 0.3) is 0 Å². The van der Waals surface area contributed by atoms with Crippen molar-refractivity contribution >= 4 is 15.9 Å². The van der Waals surface area contributed by atoms with Gasteiger partial charge in [0.15, 0.2) is 17.3 Å². The van der Waals surface area contributed by atoms with Gasteiger partial charge in [0, 0.05) is 11.1 Å². The quantitative estimate of drug-likeness (QED) is 0.337. The van der Waals surface area contributed by atoms with Crippen molar-refractivity contribution in [1.82, 2.24) is 0 Å². The van der Waals surface area contributed by atoms with Crippen molar-refractivity contribution < 1.29 is 53.6 Å². The lowest BCUT2D eigenvalue weighted by Gasteiger charge is -2.20. The molecule has 0 amide bonds. The summed E-state index contributed by atoms with van der Waals surface area (Å²) in [5.41, 5.74) is -5.38. The van der Waals surface area contributed by atoms with E-state index in [0.717, 1.165) is 6.07 Å². The van der Waals surface area contributed by atoms with Gasteiger partial charge in [0.2, 0.25) is 0 Å². The van der Waals surface area contributed by atoms with Crippen LogP contribution in [0.4, 0.5) is 26.3 Å². The molecule has 0 aliphatic heterocycles. The van der Waals surface area contributed by atoms with Crippen molar-refractivity contribution in [2.24, 2.45) is 0 Å². The van der Waals surface area contributed by atoms with Crippen LogP contribution in [-0.4, -0.2) is 32.0 Å². The van der Waals surface area contributed by atoms with Crippen LogP contribution in [0.3, 0.4) is 0 Å². The van der Waals surface area contributed by atoms with Crippen molar-refractivity contribution in [2.45, 2.75) is 31.1 Å². The standard InChI is InChI=1S/C19H16F6O6S/c1-3-30-14-6-5-13(15(19(23,24)25)17(14)31-4-2)16(26)10-7-11(18(20,21)22)9-12(8-10)32(27,28)29/h5-9H,3-4H2,1-2H3,(H,27,28,29). The normalized spacial score (nSPS) is 12.5. The van der Waals surface area contributed by atoms with Crippen LogP contribution in [0.2, 0.25) is 0 Å². The second-order valence-corrected chi connectivity index (χ2v) is 7.65. The highest BCUT2D eigenvalue weighted by molar-refractivity contribution is 7.85.